The molecule has 1 saturated carbocycles. The van der Waals surface area contributed by atoms with Gasteiger partial charge >= 0.3 is 0 Å². The molecule has 18 heavy (non-hydrogen) atoms. The van der Waals surface area contributed by atoms with Crippen molar-refractivity contribution in [3.05, 3.63) is 53.6 Å². The van der Waals surface area contributed by atoms with E-state index in [1.165, 1.54) is 24.0 Å². The molecule has 0 bridgehead atoms. The Morgan fingerprint density at radius 3 is 2.78 bits per heavy atom. The summed E-state index contributed by atoms with van der Waals surface area (Å²) in [6, 6.07) is 9.43. The normalized spacial score (nSPS) is 14.9. The lowest BCUT2D eigenvalue weighted by atomic mass is 10.1. The van der Waals surface area contributed by atoms with Crippen LogP contribution < -0.4 is 5.32 Å². The van der Waals surface area contributed by atoms with Crippen molar-refractivity contribution in [3.63, 3.8) is 0 Å². The third kappa shape index (κ3) is 2.79. The van der Waals surface area contributed by atoms with Crippen LogP contribution in [0.25, 0.3) is 0 Å². The molecule has 0 saturated heterocycles. The molecular formula is C15H19N3. The van der Waals surface area contributed by atoms with Gasteiger partial charge in [0, 0.05) is 25.0 Å². The number of nitrogens with zero attached hydrogens (tertiary/aromatic N) is 2. The number of rotatable bonds is 5. The SMILES string of the molecule is Cc1ccc(Cn2ccnc2CNC2CC2)cc1. The van der Waals surface area contributed by atoms with Crippen LogP contribution in [0.5, 0.6) is 0 Å². The fourth-order valence-electron chi connectivity index (χ4n) is 2.06. The molecule has 0 unspecified atom stereocenters. The van der Waals surface area contributed by atoms with Gasteiger partial charge in [0.2, 0.25) is 0 Å². The lowest BCUT2D eigenvalue weighted by Gasteiger charge is -2.09. The van der Waals surface area contributed by atoms with Gasteiger partial charge in [0.1, 0.15) is 5.82 Å². The Morgan fingerprint density at radius 1 is 1.28 bits per heavy atom. The summed E-state index contributed by atoms with van der Waals surface area (Å²) < 4.78 is 2.22. The summed E-state index contributed by atoms with van der Waals surface area (Å²) in [7, 11) is 0. The maximum atomic E-state index is 4.43. The van der Waals surface area contributed by atoms with E-state index in [0.717, 1.165) is 25.0 Å². The zero-order valence-electron chi connectivity index (χ0n) is 10.8. The van der Waals surface area contributed by atoms with Gasteiger partial charge in [-0.15, -0.1) is 0 Å². The molecule has 0 amide bonds. The Balaban J connectivity index is 1.67. The van der Waals surface area contributed by atoms with E-state index in [4.69, 9.17) is 0 Å². The number of hydrogen-bond acceptors (Lipinski definition) is 2. The Morgan fingerprint density at radius 2 is 2.06 bits per heavy atom. The third-order valence-corrected chi connectivity index (χ3v) is 3.40. The molecule has 94 valence electrons. The quantitative estimate of drug-likeness (QED) is 0.871. The average Bonchev–Trinajstić information content (AvgIpc) is 3.11. The van der Waals surface area contributed by atoms with Gasteiger partial charge < -0.3 is 9.88 Å². The first-order valence-corrected chi connectivity index (χ1v) is 6.60. The van der Waals surface area contributed by atoms with Crippen LogP contribution in [0.15, 0.2) is 36.7 Å². The standard InChI is InChI=1S/C15H19N3/c1-12-2-4-13(5-3-12)11-18-9-8-16-15(18)10-17-14-6-7-14/h2-5,8-9,14,17H,6-7,10-11H2,1H3. The van der Waals surface area contributed by atoms with E-state index < -0.39 is 0 Å². The molecule has 1 aromatic carbocycles. The smallest absolute Gasteiger partial charge is 0.122 e. The number of aromatic nitrogens is 2. The third-order valence-electron chi connectivity index (χ3n) is 3.40. The van der Waals surface area contributed by atoms with Gasteiger partial charge in [-0.1, -0.05) is 29.8 Å². The van der Waals surface area contributed by atoms with Crippen LogP contribution in [0, 0.1) is 6.92 Å². The molecule has 3 rings (SSSR count). The second-order valence-electron chi connectivity index (χ2n) is 5.11. The first-order chi connectivity index (χ1) is 8.81. The van der Waals surface area contributed by atoms with Crippen molar-refractivity contribution in [1.29, 1.82) is 0 Å². The molecule has 1 heterocycles. The second kappa shape index (κ2) is 4.94. The summed E-state index contributed by atoms with van der Waals surface area (Å²) in [6.07, 6.45) is 6.58. The zero-order valence-corrected chi connectivity index (χ0v) is 10.8. The zero-order chi connectivity index (χ0) is 12.4. The van der Waals surface area contributed by atoms with E-state index in [9.17, 15) is 0 Å². The number of benzene rings is 1. The average molecular weight is 241 g/mol. The van der Waals surface area contributed by atoms with E-state index in [2.05, 4.69) is 52.3 Å². The lowest BCUT2D eigenvalue weighted by molar-refractivity contribution is 0.618. The highest BCUT2D eigenvalue weighted by Gasteiger charge is 2.20. The minimum atomic E-state index is 0.731. The molecule has 0 aliphatic heterocycles. The number of aryl methyl sites for hydroxylation is 1. The molecule has 2 aromatic rings. The Labute approximate surface area is 108 Å². The molecule has 1 aliphatic rings. The van der Waals surface area contributed by atoms with Gasteiger partial charge in [0.25, 0.3) is 0 Å². The van der Waals surface area contributed by atoms with E-state index >= 15 is 0 Å². The minimum absolute atomic E-state index is 0.731. The van der Waals surface area contributed by atoms with Crippen LogP contribution in [0.4, 0.5) is 0 Å². The van der Waals surface area contributed by atoms with Gasteiger partial charge in [0.15, 0.2) is 0 Å². The second-order valence-corrected chi connectivity index (χ2v) is 5.11. The van der Waals surface area contributed by atoms with Crippen LogP contribution >= 0.6 is 0 Å². The van der Waals surface area contributed by atoms with Crippen molar-refractivity contribution in [3.8, 4) is 0 Å². The molecule has 3 nitrogen and oxygen atoms in total. The predicted octanol–water partition coefficient (Wildman–Crippen LogP) is 2.49. The molecule has 1 aromatic heterocycles. The lowest BCUT2D eigenvalue weighted by Crippen LogP contribution is -2.19. The van der Waals surface area contributed by atoms with Crippen molar-refractivity contribution in [2.24, 2.45) is 0 Å². The topological polar surface area (TPSA) is 29.9 Å². The summed E-state index contributed by atoms with van der Waals surface area (Å²) in [5.41, 5.74) is 2.63. The predicted molar refractivity (Wildman–Crippen MR) is 72.4 cm³/mol. The maximum absolute atomic E-state index is 4.43. The summed E-state index contributed by atoms with van der Waals surface area (Å²) in [4.78, 5) is 4.43. The fourth-order valence-corrected chi connectivity index (χ4v) is 2.06. The molecule has 3 heteroatoms. The molecule has 0 atom stereocenters. The number of nitrogens with one attached hydrogen (secondary N) is 1. The largest absolute Gasteiger partial charge is 0.329 e. The summed E-state index contributed by atoms with van der Waals surface area (Å²) in [5.74, 6) is 1.13. The van der Waals surface area contributed by atoms with Gasteiger partial charge in [-0.25, -0.2) is 4.98 Å². The van der Waals surface area contributed by atoms with Crippen molar-refractivity contribution < 1.29 is 0 Å². The Kier molecular flexibility index (Phi) is 3.15. The van der Waals surface area contributed by atoms with E-state index in [0.29, 0.717) is 0 Å². The number of imidazole rings is 1. The van der Waals surface area contributed by atoms with Crippen molar-refractivity contribution in [2.75, 3.05) is 0 Å². The van der Waals surface area contributed by atoms with Crippen LogP contribution in [-0.2, 0) is 13.1 Å². The molecule has 0 spiro atoms. The first kappa shape index (κ1) is 11.5. The van der Waals surface area contributed by atoms with Crippen LogP contribution in [0.3, 0.4) is 0 Å². The maximum Gasteiger partial charge on any atom is 0.122 e. The Hall–Kier alpha value is -1.61. The van der Waals surface area contributed by atoms with E-state index in [-0.39, 0.29) is 0 Å². The summed E-state index contributed by atoms with van der Waals surface area (Å²) in [5, 5.41) is 3.51. The fraction of sp³-hybridized carbons (Fsp3) is 0.400. The molecule has 1 fully saturated rings. The highest BCUT2D eigenvalue weighted by Crippen LogP contribution is 2.19. The summed E-state index contributed by atoms with van der Waals surface area (Å²) in [6.45, 7) is 3.90. The van der Waals surface area contributed by atoms with Crippen molar-refractivity contribution in [1.82, 2.24) is 14.9 Å². The van der Waals surface area contributed by atoms with Crippen LogP contribution in [-0.4, -0.2) is 15.6 Å². The van der Waals surface area contributed by atoms with E-state index in [1.54, 1.807) is 0 Å². The molecular weight excluding hydrogens is 222 g/mol. The highest BCUT2D eigenvalue weighted by atomic mass is 15.1. The first-order valence-electron chi connectivity index (χ1n) is 6.60. The van der Waals surface area contributed by atoms with Crippen molar-refractivity contribution in [2.45, 2.75) is 38.9 Å². The molecule has 1 N–H and O–H groups in total. The monoisotopic (exact) mass is 241 g/mol. The summed E-state index contributed by atoms with van der Waals surface area (Å²) >= 11 is 0. The van der Waals surface area contributed by atoms with Crippen LogP contribution in [0.2, 0.25) is 0 Å². The van der Waals surface area contributed by atoms with Gasteiger partial charge in [-0.2, -0.15) is 0 Å². The van der Waals surface area contributed by atoms with E-state index in [1.807, 2.05) is 6.20 Å². The van der Waals surface area contributed by atoms with Gasteiger partial charge in [0.05, 0.1) is 6.54 Å². The van der Waals surface area contributed by atoms with Crippen molar-refractivity contribution >= 4 is 0 Å². The van der Waals surface area contributed by atoms with Crippen LogP contribution in [0.1, 0.15) is 29.8 Å². The molecule has 0 radical (unpaired) electrons. The molecule has 1 aliphatic carbocycles. The minimum Gasteiger partial charge on any atom is -0.329 e. The van der Waals surface area contributed by atoms with Gasteiger partial charge in [-0.05, 0) is 25.3 Å². The highest BCUT2D eigenvalue weighted by molar-refractivity contribution is 5.21. The van der Waals surface area contributed by atoms with Gasteiger partial charge in [-0.3, -0.25) is 0 Å². The number of hydrogen-bond donors (Lipinski definition) is 1. The Bertz CT molecular complexity index is 509.